The third-order valence-electron chi connectivity index (χ3n) is 2.32. The predicted octanol–water partition coefficient (Wildman–Crippen LogP) is 2.67. The number of hydrogen-bond acceptors (Lipinski definition) is 2. The first-order chi connectivity index (χ1) is 7.36. The number of hydrogen-bond donors (Lipinski definition) is 2. The minimum absolute atomic E-state index is 0.844. The van der Waals surface area contributed by atoms with Gasteiger partial charge in [-0.25, -0.2) is 0 Å². The highest BCUT2D eigenvalue weighted by molar-refractivity contribution is 5.69. The highest BCUT2D eigenvalue weighted by atomic mass is 14.8. The number of benzene rings is 1. The molecule has 0 bridgehead atoms. The fourth-order valence-electron chi connectivity index (χ4n) is 1.62. The Labute approximate surface area is 92.2 Å². The van der Waals surface area contributed by atoms with Crippen LogP contribution in [0.2, 0.25) is 0 Å². The van der Waals surface area contributed by atoms with Crippen LogP contribution in [0, 0.1) is 0 Å². The summed E-state index contributed by atoms with van der Waals surface area (Å²) in [6.45, 7) is 6.05. The summed E-state index contributed by atoms with van der Waals surface area (Å²) < 4.78 is 0. The molecular formula is C13H20N2. The molecule has 1 aliphatic heterocycles. The standard InChI is InChI=1S/C11H14N2.C2H6/c12-11-3-1-2-10(8-11)9-4-6-13-7-5-9;1-2/h1-4,8,13H,5-7,12H2;1-2H3. The summed E-state index contributed by atoms with van der Waals surface area (Å²) in [6, 6.07) is 8.09. The molecule has 15 heavy (non-hydrogen) atoms. The van der Waals surface area contributed by atoms with Gasteiger partial charge >= 0.3 is 0 Å². The van der Waals surface area contributed by atoms with Crippen molar-refractivity contribution in [3.05, 3.63) is 35.9 Å². The third kappa shape index (κ3) is 3.40. The topological polar surface area (TPSA) is 38.0 Å². The number of rotatable bonds is 1. The molecule has 0 saturated heterocycles. The fourth-order valence-corrected chi connectivity index (χ4v) is 1.62. The molecule has 0 saturated carbocycles. The van der Waals surface area contributed by atoms with Crippen LogP contribution in [0.4, 0.5) is 5.69 Å². The average molecular weight is 204 g/mol. The Hall–Kier alpha value is -1.28. The van der Waals surface area contributed by atoms with E-state index in [2.05, 4.69) is 17.5 Å². The SMILES string of the molecule is CC.Nc1cccc(C2=CCNCC2)c1. The first-order valence-electron chi connectivity index (χ1n) is 5.62. The Morgan fingerprint density at radius 2 is 2.07 bits per heavy atom. The minimum atomic E-state index is 0.844. The van der Waals surface area contributed by atoms with Crippen molar-refractivity contribution in [1.82, 2.24) is 5.32 Å². The monoisotopic (exact) mass is 204 g/mol. The lowest BCUT2D eigenvalue weighted by molar-refractivity contribution is 0.738. The molecule has 0 fully saturated rings. The zero-order valence-corrected chi connectivity index (χ0v) is 9.59. The number of nitrogens with two attached hydrogens (primary N) is 1. The van der Waals surface area contributed by atoms with E-state index in [1.54, 1.807) is 0 Å². The van der Waals surface area contributed by atoms with Gasteiger partial charge in [-0.05, 0) is 36.2 Å². The molecular weight excluding hydrogens is 184 g/mol. The molecule has 2 nitrogen and oxygen atoms in total. The summed E-state index contributed by atoms with van der Waals surface area (Å²) in [6.07, 6.45) is 3.34. The van der Waals surface area contributed by atoms with Crippen LogP contribution >= 0.6 is 0 Å². The maximum atomic E-state index is 5.72. The highest BCUT2D eigenvalue weighted by Crippen LogP contribution is 2.20. The Morgan fingerprint density at radius 1 is 1.27 bits per heavy atom. The normalized spacial score (nSPS) is 14.9. The summed E-state index contributed by atoms with van der Waals surface area (Å²) in [5.74, 6) is 0. The molecule has 0 spiro atoms. The van der Waals surface area contributed by atoms with Gasteiger partial charge in [-0.3, -0.25) is 0 Å². The van der Waals surface area contributed by atoms with Crippen molar-refractivity contribution >= 4 is 11.3 Å². The van der Waals surface area contributed by atoms with Gasteiger partial charge in [0.1, 0.15) is 0 Å². The number of nitrogen functional groups attached to an aromatic ring is 1. The summed E-state index contributed by atoms with van der Waals surface area (Å²) >= 11 is 0. The molecule has 82 valence electrons. The van der Waals surface area contributed by atoms with Gasteiger partial charge in [0.15, 0.2) is 0 Å². The second-order valence-corrected chi connectivity index (χ2v) is 3.31. The molecule has 1 heterocycles. The first kappa shape index (κ1) is 11.8. The molecule has 0 unspecified atom stereocenters. The zero-order valence-electron chi connectivity index (χ0n) is 9.59. The molecule has 1 aromatic carbocycles. The van der Waals surface area contributed by atoms with Crippen molar-refractivity contribution in [1.29, 1.82) is 0 Å². The van der Waals surface area contributed by atoms with E-state index >= 15 is 0 Å². The van der Waals surface area contributed by atoms with Crippen LogP contribution in [0.5, 0.6) is 0 Å². The van der Waals surface area contributed by atoms with Crippen LogP contribution in [0.1, 0.15) is 25.8 Å². The van der Waals surface area contributed by atoms with Crippen molar-refractivity contribution in [2.24, 2.45) is 0 Å². The molecule has 0 amide bonds. The minimum Gasteiger partial charge on any atom is -0.399 e. The maximum Gasteiger partial charge on any atom is 0.0320 e. The fraction of sp³-hybridized carbons (Fsp3) is 0.385. The van der Waals surface area contributed by atoms with Gasteiger partial charge in [-0.2, -0.15) is 0 Å². The number of nitrogens with one attached hydrogen (secondary N) is 1. The molecule has 0 atom stereocenters. The Morgan fingerprint density at radius 3 is 2.67 bits per heavy atom. The maximum absolute atomic E-state index is 5.72. The van der Waals surface area contributed by atoms with E-state index in [1.165, 1.54) is 11.1 Å². The van der Waals surface area contributed by atoms with Crippen LogP contribution in [0.3, 0.4) is 0 Å². The molecule has 2 rings (SSSR count). The van der Waals surface area contributed by atoms with Crippen LogP contribution < -0.4 is 11.1 Å². The van der Waals surface area contributed by atoms with E-state index < -0.39 is 0 Å². The molecule has 2 heteroatoms. The third-order valence-corrected chi connectivity index (χ3v) is 2.32. The summed E-state index contributed by atoms with van der Waals surface area (Å²) in [5.41, 5.74) is 9.24. The lowest BCUT2D eigenvalue weighted by Gasteiger charge is -2.14. The summed E-state index contributed by atoms with van der Waals surface area (Å²) in [4.78, 5) is 0. The van der Waals surface area contributed by atoms with Crippen LogP contribution in [-0.2, 0) is 0 Å². The van der Waals surface area contributed by atoms with Crippen molar-refractivity contribution in [3.63, 3.8) is 0 Å². The van der Waals surface area contributed by atoms with E-state index in [0.717, 1.165) is 25.2 Å². The van der Waals surface area contributed by atoms with Gasteiger partial charge in [0.25, 0.3) is 0 Å². The molecule has 0 radical (unpaired) electrons. The van der Waals surface area contributed by atoms with Crippen molar-refractivity contribution in [2.45, 2.75) is 20.3 Å². The average Bonchev–Trinajstić information content (AvgIpc) is 2.33. The van der Waals surface area contributed by atoms with Gasteiger partial charge in [-0.1, -0.05) is 32.1 Å². The Kier molecular flexibility index (Phi) is 4.91. The van der Waals surface area contributed by atoms with Gasteiger partial charge in [0.05, 0.1) is 0 Å². The van der Waals surface area contributed by atoms with Gasteiger partial charge in [0.2, 0.25) is 0 Å². The van der Waals surface area contributed by atoms with E-state index in [9.17, 15) is 0 Å². The van der Waals surface area contributed by atoms with E-state index in [0.29, 0.717) is 0 Å². The second-order valence-electron chi connectivity index (χ2n) is 3.31. The smallest absolute Gasteiger partial charge is 0.0320 e. The molecule has 1 aliphatic rings. The van der Waals surface area contributed by atoms with Gasteiger partial charge < -0.3 is 11.1 Å². The molecule has 3 N–H and O–H groups in total. The lowest BCUT2D eigenvalue weighted by Crippen LogP contribution is -2.20. The van der Waals surface area contributed by atoms with Gasteiger partial charge in [0, 0.05) is 12.2 Å². The highest BCUT2D eigenvalue weighted by Gasteiger charge is 2.04. The Bertz CT molecular complexity index is 329. The number of anilines is 1. The molecule has 0 aliphatic carbocycles. The molecule has 1 aromatic rings. The van der Waals surface area contributed by atoms with Crippen molar-refractivity contribution in [3.8, 4) is 0 Å². The van der Waals surface area contributed by atoms with Gasteiger partial charge in [-0.15, -0.1) is 0 Å². The predicted molar refractivity (Wildman–Crippen MR) is 67.7 cm³/mol. The van der Waals surface area contributed by atoms with Crippen molar-refractivity contribution in [2.75, 3.05) is 18.8 Å². The Balaban J connectivity index is 0.000000531. The van der Waals surface area contributed by atoms with Crippen LogP contribution in [-0.4, -0.2) is 13.1 Å². The lowest BCUT2D eigenvalue weighted by atomic mass is 10.00. The zero-order chi connectivity index (χ0) is 11.1. The summed E-state index contributed by atoms with van der Waals surface area (Å²) in [7, 11) is 0. The van der Waals surface area contributed by atoms with Crippen LogP contribution in [0.25, 0.3) is 5.57 Å². The van der Waals surface area contributed by atoms with E-state index in [4.69, 9.17) is 5.73 Å². The van der Waals surface area contributed by atoms with Crippen molar-refractivity contribution < 1.29 is 0 Å². The molecule has 0 aromatic heterocycles. The van der Waals surface area contributed by atoms with E-state index in [1.807, 2.05) is 32.0 Å². The summed E-state index contributed by atoms with van der Waals surface area (Å²) in [5, 5.41) is 3.29. The van der Waals surface area contributed by atoms with Crippen LogP contribution in [0.15, 0.2) is 30.3 Å². The van der Waals surface area contributed by atoms with E-state index in [-0.39, 0.29) is 0 Å². The first-order valence-corrected chi connectivity index (χ1v) is 5.62. The largest absolute Gasteiger partial charge is 0.399 e. The quantitative estimate of drug-likeness (QED) is 0.690. The second kappa shape index (κ2) is 6.25.